The van der Waals surface area contributed by atoms with Gasteiger partial charge in [0.25, 0.3) is 11.8 Å². The highest BCUT2D eigenvalue weighted by Crippen LogP contribution is 2.31. The van der Waals surface area contributed by atoms with Crippen molar-refractivity contribution in [3.63, 3.8) is 0 Å². The third-order valence-electron chi connectivity index (χ3n) is 6.01. The van der Waals surface area contributed by atoms with Crippen LogP contribution in [0.25, 0.3) is 0 Å². The number of furan rings is 2. The molecule has 2 heterocycles. The van der Waals surface area contributed by atoms with Crippen LogP contribution in [-0.2, 0) is 9.59 Å². The fourth-order valence-electron chi connectivity index (χ4n) is 4.28. The molecule has 184 valence electrons. The van der Waals surface area contributed by atoms with Crippen molar-refractivity contribution in [1.82, 2.24) is 10.6 Å². The van der Waals surface area contributed by atoms with Crippen molar-refractivity contribution < 1.29 is 23.2 Å². The van der Waals surface area contributed by atoms with Gasteiger partial charge in [-0.3, -0.25) is 19.3 Å². The predicted octanol–water partition coefficient (Wildman–Crippen LogP) is 4.79. The smallest absolute Gasteiger partial charge is 0.287 e. The number of nitrogens with zero attached hydrogens (tertiary/aromatic N) is 1. The molecule has 2 aromatic heterocycles. The molecule has 1 fully saturated rings. The Bertz CT molecular complexity index is 1150. The summed E-state index contributed by atoms with van der Waals surface area (Å²) in [6.45, 7) is 1.42. The fraction of sp³-hybridized carbons (Fsp3) is 0.346. The SMILES string of the molecule is Cc1ccc([C@@H](C(=O)NC2CCCCC2)N(C(=O)CNC(=O)c2ccco2)c2ccc(Cl)cc2)o1. The molecule has 1 atom stereocenters. The van der Waals surface area contributed by atoms with E-state index in [1.807, 2.05) is 0 Å². The molecular formula is C26H28ClN3O5. The number of nitrogens with one attached hydrogen (secondary N) is 2. The highest BCUT2D eigenvalue weighted by Gasteiger charge is 2.36. The van der Waals surface area contributed by atoms with Crippen molar-refractivity contribution >= 4 is 35.0 Å². The first kappa shape index (κ1) is 24.6. The van der Waals surface area contributed by atoms with Crippen LogP contribution < -0.4 is 15.5 Å². The normalized spacial score (nSPS) is 14.8. The van der Waals surface area contributed by atoms with E-state index in [0.717, 1.165) is 32.1 Å². The Morgan fingerprint density at radius 1 is 1.06 bits per heavy atom. The van der Waals surface area contributed by atoms with Gasteiger partial charge in [0.15, 0.2) is 11.8 Å². The fourth-order valence-corrected chi connectivity index (χ4v) is 4.40. The number of amides is 3. The second-order valence-corrected chi connectivity index (χ2v) is 9.03. The number of halogens is 1. The highest BCUT2D eigenvalue weighted by atomic mass is 35.5. The first-order valence-corrected chi connectivity index (χ1v) is 12.1. The maximum absolute atomic E-state index is 13.6. The van der Waals surface area contributed by atoms with Crippen LogP contribution >= 0.6 is 11.6 Å². The minimum atomic E-state index is -1.07. The molecule has 9 heteroatoms. The summed E-state index contributed by atoms with van der Waals surface area (Å²) >= 11 is 6.08. The topological polar surface area (TPSA) is 105 Å². The molecule has 1 aliphatic carbocycles. The molecule has 0 bridgehead atoms. The van der Waals surface area contributed by atoms with Crippen LogP contribution in [-0.4, -0.2) is 30.3 Å². The average molecular weight is 498 g/mol. The van der Waals surface area contributed by atoms with Gasteiger partial charge in [0.05, 0.1) is 12.8 Å². The third-order valence-corrected chi connectivity index (χ3v) is 6.26. The minimum Gasteiger partial charge on any atom is -0.464 e. The van der Waals surface area contributed by atoms with E-state index in [1.165, 1.54) is 17.2 Å². The predicted molar refractivity (Wildman–Crippen MR) is 131 cm³/mol. The first-order chi connectivity index (χ1) is 16.9. The number of anilines is 1. The molecule has 0 saturated heterocycles. The summed E-state index contributed by atoms with van der Waals surface area (Å²) < 4.78 is 10.9. The number of benzene rings is 1. The second-order valence-electron chi connectivity index (χ2n) is 8.59. The zero-order chi connectivity index (χ0) is 24.8. The average Bonchev–Trinajstić information content (AvgIpc) is 3.54. The number of rotatable bonds is 8. The maximum atomic E-state index is 13.6. The van der Waals surface area contributed by atoms with Crippen molar-refractivity contribution in [3.05, 3.63) is 77.1 Å². The highest BCUT2D eigenvalue weighted by molar-refractivity contribution is 6.30. The van der Waals surface area contributed by atoms with Crippen molar-refractivity contribution in [2.24, 2.45) is 0 Å². The first-order valence-electron chi connectivity index (χ1n) is 11.7. The molecule has 0 unspecified atom stereocenters. The summed E-state index contributed by atoms with van der Waals surface area (Å²) in [5, 5.41) is 6.17. The quantitative estimate of drug-likeness (QED) is 0.465. The lowest BCUT2D eigenvalue weighted by Gasteiger charge is -2.32. The molecule has 1 aromatic carbocycles. The van der Waals surface area contributed by atoms with Crippen LogP contribution in [0.4, 0.5) is 5.69 Å². The molecule has 35 heavy (non-hydrogen) atoms. The van der Waals surface area contributed by atoms with Crippen LogP contribution in [0.5, 0.6) is 0 Å². The van der Waals surface area contributed by atoms with E-state index in [1.54, 1.807) is 49.4 Å². The largest absolute Gasteiger partial charge is 0.464 e. The van der Waals surface area contributed by atoms with Gasteiger partial charge in [-0.15, -0.1) is 0 Å². The Kier molecular flexibility index (Phi) is 7.92. The molecule has 1 aliphatic rings. The van der Waals surface area contributed by atoms with Gasteiger partial charge in [0.1, 0.15) is 11.5 Å². The van der Waals surface area contributed by atoms with E-state index in [0.29, 0.717) is 22.2 Å². The van der Waals surface area contributed by atoms with E-state index < -0.39 is 17.9 Å². The number of carbonyl (C=O) groups is 3. The number of hydrogen-bond acceptors (Lipinski definition) is 5. The van der Waals surface area contributed by atoms with Gasteiger partial charge in [-0.05, 0) is 68.3 Å². The molecular weight excluding hydrogens is 470 g/mol. The van der Waals surface area contributed by atoms with Crippen molar-refractivity contribution in [2.75, 3.05) is 11.4 Å². The van der Waals surface area contributed by atoms with E-state index in [-0.39, 0.29) is 24.3 Å². The van der Waals surface area contributed by atoms with Crippen LogP contribution in [0.2, 0.25) is 5.02 Å². The van der Waals surface area contributed by atoms with Gasteiger partial charge in [-0.2, -0.15) is 0 Å². The molecule has 2 N–H and O–H groups in total. The molecule has 1 saturated carbocycles. The van der Waals surface area contributed by atoms with Gasteiger partial charge in [-0.1, -0.05) is 30.9 Å². The Hall–Kier alpha value is -3.52. The zero-order valence-electron chi connectivity index (χ0n) is 19.5. The molecule has 0 radical (unpaired) electrons. The van der Waals surface area contributed by atoms with Gasteiger partial charge < -0.3 is 19.5 Å². The van der Waals surface area contributed by atoms with Crippen LogP contribution in [0, 0.1) is 6.92 Å². The van der Waals surface area contributed by atoms with Gasteiger partial charge in [-0.25, -0.2) is 0 Å². The Morgan fingerprint density at radius 2 is 1.80 bits per heavy atom. The van der Waals surface area contributed by atoms with Crippen LogP contribution in [0.1, 0.15) is 60.2 Å². The second kappa shape index (κ2) is 11.3. The lowest BCUT2D eigenvalue weighted by Crippen LogP contribution is -2.49. The number of carbonyl (C=O) groups excluding carboxylic acids is 3. The van der Waals surface area contributed by atoms with Crippen molar-refractivity contribution in [2.45, 2.75) is 51.1 Å². The monoisotopic (exact) mass is 497 g/mol. The van der Waals surface area contributed by atoms with Gasteiger partial charge >= 0.3 is 0 Å². The summed E-state index contributed by atoms with van der Waals surface area (Å²) in [6, 6.07) is 12.1. The Morgan fingerprint density at radius 3 is 2.43 bits per heavy atom. The summed E-state index contributed by atoms with van der Waals surface area (Å²) in [7, 11) is 0. The van der Waals surface area contributed by atoms with E-state index in [9.17, 15) is 14.4 Å². The number of aryl methyl sites for hydroxylation is 1. The molecule has 8 nitrogen and oxygen atoms in total. The molecule has 4 rings (SSSR count). The summed E-state index contributed by atoms with van der Waals surface area (Å²) in [6.07, 6.45) is 6.41. The zero-order valence-corrected chi connectivity index (χ0v) is 20.2. The van der Waals surface area contributed by atoms with Crippen LogP contribution in [0.15, 0.2) is 63.6 Å². The lowest BCUT2D eigenvalue weighted by atomic mass is 9.95. The molecule has 0 aliphatic heterocycles. The summed E-state index contributed by atoms with van der Waals surface area (Å²) in [5.41, 5.74) is 0.449. The standard InChI is InChI=1S/C26H28ClN3O5/c1-17-9-14-21(35-17)24(26(33)29-19-6-3-2-4-7-19)30(20-12-10-18(27)11-13-20)23(31)16-28-25(32)22-8-5-15-34-22/h5,8-15,19,24H,2-4,6-7,16H2,1H3,(H,28,32)(H,29,33)/t24-/m0/s1. The van der Waals surface area contributed by atoms with Crippen molar-refractivity contribution in [3.8, 4) is 0 Å². The summed E-state index contributed by atoms with van der Waals surface area (Å²) in [5.74, 6) is -0.334. The molecule has 3 amide bonds. The minimum absolute atomic E-state index is 0.0376. The molecule has 3 aromatic rings. The van der Waals surface area contributed by atoms with Crippen LogP contribution in [0.3, 0.4) is 0 Å². The number of hydrogen-bond donors (Lipinski definition) is 2. The van der Waals surface area contributed by atoms with E-state index in [2.05, 4.69) is 10.6 Å². The third kappa shape index (κ3) is 6.14. The van der Waals surface area contributed by atoms with Gasteiger partial charge in [0, 0.05) is 16.8 Å². The van der Waals surface area contributed by atoms with Crippen molar-refractivity contribution in [1.29, 1.82) is 0 Å². The Labute approximate surface area is 208 Å². The summed E-state index contributed by atoms with van der Waals surface area (Å²) in [4.78, 5) is 40.9. The maximum Gasteiger partial charge on any atom is 0.287 e. The van der Waals surface area contributed by atoms with E-state index >= 15 is 0 Å². The Balaban J connectivity index is 1.64. The van der Waals surface area contributed by atoms with E-state index in [4.69, 9.17) is 20.4 Å². The lowest BCUT2D eigenvalue weighted by molar-refractivity contribution is -0.127. The van der Waals surface area contributed by atoms with Gasteiger partial charge in [0.2, 0.25) is 5.91 Å². The molecule has 0 spiro atoms.